The first-order valence-electron chi connectivity index (χ1n) is 9.66. The predicted octanol–water partition coefficient (Wildman–Crippen LogP) is 3.10. The van der Waals surface area contributed by atoms with Crippen molar-refractivity contribution in [2.24, 2.45) is 0 Å². The summed E-state index contributed by atoms with van der Waals surface area (Å²) in [6.07, 6.45) is 1.60. The lowest BCUT2D eigenvalue weighted by molar-refractivity contribution is -0.139. The zero-order chi connectivity index (χ0) is 24.0. The number of benzene rings is 2. The molecule has 3 rings (SSSR count). The average Bonchev–Trinajstić information content (AvgIpc) is 3.06. The molecule has 0 spiro atoms. The van der Waals surface area contributed by atoms with Gasteiger partial charge in [-0.15, -0.1) is 0 Å². The van der Waals surface area contributed by atoms with Crippen LogP contribution < -0.4 is 19.6 Å². The van der Waals surface area contributed by atoms with Crippen molar-refractivity contribution in [1.82, 2.24) is 10.4 Å². The highest BCUT2D eigenvalue weighted by Gasteiger charge is 2.34. The molecule has 0 aliphatic carbocycles. The Kier molecular flexibility index (Phi) is 7.91. The van der Waals surface area contributed by atoms with E-state index in [1.165, 1.54) is 7.11 Å². The highest BCUT2D eigenvalue weighted by atomic mass is 32.2. The summed E-state index contributed by atoms with van der Waals surface area (Å²) in [5.74, 6) is -0.978. The van der Waals surface area contributed by atoms with Gasteiger partial charge < -0.3 is 19.3 Å². The first-order valence-corrected chi connectivity index (χ1v) is 10.9. The average molecular weight is 489 g/mol. The van der Waals surface area contributed by atoms with Gasteiger partial charge in [0.1, 0.15) is 5.75 Å². The van der Waals surface area contributed by atoms with Crippen molar-refractivity contribution in [3.8, 4) is 17.2 Å². The first-order chi connectivity index (χ1) is 15.8. The van der Waals surface area contributed by atoms with Gasteiger partial charge in [-0.2, -0.15) is 5.01 Å². The highest BCUT2D eigenvalue weighted by molar-refractivity contribution is 8.26. The summed E-state index contributed by atoms with van der Waals surface area (Å²) in [6.45, 7) is 1.61. The van der Waals surface area contributed by atoms with Crippen molar-refractivity contribution in [1.29, 1.82) is 0 Å². The van der Waals surface area contributed by atoms with Crippen LogP contribution in [0, 0.1) is 0 Å². The van der Waals surface area contributed by atoms with E-state index < -0.39 is 24.4 Å². The number of carboxylic acid groups (broad SMARTS) is 1. The molecule has 1 aliphatic rings. The third-order valence-corrected chi connectivity index (χ3v) is 5.56. The molecule has 0 radical (unpaired) electrons. The number of hydrogen-bond acceptors (Lipinski definition) is 8. The van der Waals surface area contributed by atoms with Crippen LogP contribution in [-0.2, 0) is 9.59 Å². The van der Waals surface area contributed by atoms with Gasteiger partial charge in [0.15, 0.2) is 22.4 Å². The number of nitrogens with one attached hydrogen (secondary N) is 1. The molecule has 1 heterocycles. The van der Waals surface area contributed by atoms with Crippen LogP contribution >= 0.6 is 24.0 Å². The minimum Gasteiger partial charge on any atom is -0.497 e. The van der Waals surface area contributed by atoms with Gasteiger partial charge >= 0.3 is 5.97 Å². The third-order valence-electron chi connectivity index (χ3n) is 4.26. The van der Waals surface area contributed by atoms with Crippen LogP contribution in [0.1, 0.15) is 22.8 Å². The van der Waals surface area contributed by atoms with E-state index in [0.29, 0.717) is 34.1 Å². The molecule has 2 N–H and O–H groups in total. The number of carboxylic acids is 1. The van der Waals surface area contributed by atoms with Gasteiger partial charge in [-0.1, -0.05) is 23.9 Å². The SMILES string of the molecule is CCOc1cc(/C=C2/SC(=S)N(NC(=O)c3cccc(OC)c3)C2=O)ccc1OCC(=O)O. The largest absolute Gasteiger partial charge is 0.497 e. The summed E-state index contributed by atoms with van der Waals surface area (Å²) in [5, 5.41) is 9.83. The van der Waals surface area contributed by atoms with Gasteiger partial charge in [-0.3, -0.25) is 15.0 Å². The summed E-state index contributed by atoms with van der Waals surface area (Å²) < 4.78 is 16.0. The number of nitrogens with zero attached hydrogens (tertiary/aromatic N) is 1. The fourth-order valence-electron chi connectivity index (χ4n) is 2.79. The molecular weight excluding hydrogens is 468 g/mol. The molecule has 1 aliphatic heterocycles. The maximum Gasteiger partial charge on any atom is 0.341 e. The van der Waals surface area contributed by atoms with Crippen LogP contribution in [0.25, 0.3) is 6.08 Å². The van der Waals surface area contributed by atoms with Crippen LogP contribution in [0.4, 0.5) is 0 Å². The van der Waals surface area contributed by atoms with E-state index in [-0.39, 0.29) is 10.1 Å². The molecule has 0 bridgehead atoms. The molecule has 9 nitrogen and oxygen atoms in total. The second-order valence-corrected chi connectivity index (χ2v) is 8.19. The quantitative estimate of drug-likeness (QED) is 0.406. The fourth-order valence-corrected chi connectivity index (χ4v) is 3.97. The van der Waals surface area contributed by atoms with Crippen LogP contribution in [0.3, 0.4) is 0 Å². The highest BCUT2D eigenvalue weighted by Crippen LogP contribution is 2.34. The number of thioether (sulfide) groups is 1. The summed E-state index contributed by atoms with van der Waals surface area (Å²) >= 11 is 6.30. The Hall–Kier alpha value is -3.57. The number of carbonyl (C=O) groups is 3. The normalized spacial score (nSPS) is 14.4. The van der Waals surface area contributed by atoms with Crippen molar-refractivity contribution in [2.75, 3.05) is 20.3 Å². The molecule has 1 fully saturated rings. The zero-order valence-electron chi connectivity index (χ0n) is 17.7. The van der Waals surface area contributed by atoms with Gasteiger partial charge in [0.05, 0.1) is 18.6 Å². The van der Waals surface area contributed by atoms with Crippen molar-refractivity contribution in [3.05, 3.63) is 58.5 Å². The molecule has 33 heavy (non-hydrogen) atoms. The Morgan fingerprint density at radius 2 is 1.97 bits per heavy atom. The topological polar surface area (TPSA) is 114 Å². The van der Waals surface area contributed by atoms with E-state index in [0.717, 1.165) is 16.8 Å². The molecule has 2 aromatic rings. The molecular formula is C22H20N2O7S2. The van der Waals surface area contributed by atoms with E-state index in [1.807, 2.05) is 0 Å². The molecule has 0 saturated carbocycles. The second kappa shape index (κ2) is 10.8. The molecule has 2 aromatic carbocycles. The minimum absolute atomic E-state index is 0.175. The number of amides is 2. The monoisotopic (exact) mass is 488 g/mol. The summed E-state index contributed by atoms with van der Waals surface area (Å²) in [4.78, 5) is 36.5. The number of ether oxygens (including phenoxy) is 3. The van der Waals surface area contributed by atoms with Crippen LogP contribution in [0.2, 0.25) is 0 Å². The molecule has 172 valence electrons. The molecule has 11 heteroatoms. The standard InChI is InChI=1S/C22H20N2O7S2/c1-3-30-17-9-13(7-8-16(17)31-12-19(25)26)10-18-21(28)24(22(32)33-18)23-20(27)14-5-4-6-15(11-14)29-2/h4-11H,3,12H2,1-2H3,(H,23,27)(H,25,26)/b18-10+. The van der Waals surface area contributed by atoms with E-state index in [1.54, 1.807) is 55.5 Å². The van der Waals surface area contributed by atoms with Gasteiger partial charge in [-0.25, -0.2) is 4.79 Å². The number of aliphatic carboxylic acids is 1. The maximum atomic E-state index is 12.9. The van der Waals surface area contributed by atoms with Crippen molar-refractivity contribution in [3.63, 3.8) is 0 Å². The van der Waals surface area contributed by atoms with Crippen molar-refractivity contribution in [2.45, 2.75) is 6.92 Å². The molecule has 2 amide bonds. The number of rotatable bonds is 9. The van der Waals surface area contributed by atoms with E-state index in [4.69, 9.17) is 31.5 Å². The van der Waals surface area contributed by atoms with E-state index in [2.05, 4.69) is 5.43 Å². The van der Waals surface area contributed by atoms with Crippen molar-refractivity contribution >= 4 is 52.2 Å². The minimum atomic E-state index is -1.11. The Bertz CT molecular complexity index is 1130. The van der Waals surface area contributed by atoms with Gasteiger partial charge in [0, 0.05) is 5.56 Å². The van der Waals surface area contributed by atoms with E-state index >= 15 is 0 Å². The van der Waals surface area contributed by atoms with Gasteiger partial charge in [-0.05, 0) is 61.1 Å². The number of carbonyl (C=O) groups excluding carboxylic acids is 2. The predicted molar refractivity (Wildman–Crippen MR) is 126 cm³/mol. The molecule has 0 atom stereocenters. The third kappa shape index (κ3) is 6.02. The Labute approximate surface area is 199 Å². The summed E-state index contributed by atoms with van der Waals surface area (Å²) in [5.41, 5.74) is 3.44. The molecule has 0 aromatic heterocycles. The van der Waals surface area contributed by atoms with Crippen molar-refractivity contribution < 1.29 is 33.7 Å². The van der Waals surface area contributed by atoms with Crippen LogP contribution in [0.5, 0.6) is 17.2 Å². The smallest absolute Gasteiger partial charge is 0.341 e. The number of methoxy groups -OCH3 is 1. The number of thiocarbonyl (C=S) groups is 1. The second-order valence-electron chi connectivity index (χ2n) is 6.51. The van der Waals surface area contributed by atoms with Gasteiger partial charge in [0.25, 0.3) is 11.8 Å². The number of hydrogen-bond donors (Lipinski definition) is 2. The zero-order valence-corrected chi connectivity index (χ0v) is 19.3. The lowest BCUT2D eigenvalue weighted by Crippen LogP contribution is -2.44. The van der Waals surface area contributed by atoms with Gasteiger partial charge in [0.2, 0.25) is 0 Å². The maximum absolute atomic E-state index is 12.9. The van der Waals surface area contributed by atoms with Crippen LogP contribution in [-0.4, -0.2) is 52.5 Å². The Morgan fingerprint density at radius 1 is 1.18 bits per heavy atom. The van der Waals surface area contributed by atoms with E-state index in [9.17, 15) is 14.4 Å². The lowest BCUT2D eigenvalue weighted by Gasteiger charge is -2.15. The Morgan fingerprint density at radius 3 is 2.67 bits per heavy atom. The fraction of sp³-hybridized carbons (Fsp3) is 0.182. The lowest BCUT2D eigenvalue weighted by atomic mass is 10.2. The van der Waals surface area contributed by atoms with Crippen LogP contribution in [0.15, 0.2) is 47.4 Å². The number of hydrazine groups is 1. The summed E-state index contributed by atoms with van der Waals surface area (Å²) in [6, 6.07) is 11.3. The molecule has 1 saturated heterocycles. The molecule has 0 unspecified atom stereocenters. The summed E-state index contributed by atoms with van der Waals surface area (Å²) in [7, 11) is 1.49. The first kappa shape index (κ1) is 24.1. The Balaban J connectivity index is 1.77.